The first kappa shape index (κ1) is 24.8. The summed E-state index contributed by atoms with van der Waals surface area (Å²) in [6.45, 7) is 0.297. The fourth-order valence-corrected chi connectivity index (χ4v) is 4.77. The molecular weight excluding hydrogens is 509 g/mol. The molecule has 0 bridgehead atoms. The molecule has 0 aliphatic rings. The van der Waals surface area contributed by atoms with E-state index in [0.717, 1.165) is 12.1 Å². The molecule has 0 unspecified atom stereocenters. The average molecular weight is 527 g/mol. The Morgan fingerprint density at radius 2 is 1.91 bits per heavy atom. The minimum Gasteiger partial charge on any atom is -0.456 e. The van der Waals surface area contributed by atoms with Gasteiger partial charge >= 0.3 is 6.18 Å². The minimum absolute atomic E-state index is 0.00944. The van der Waals surface area contributed by atoms with E-state index in [9.17, 15) is 26.7 Å². The van der Waals surface area contributed by atoms with E-state index < -0.39 is 26.7 Å². The Morgan fingerprint density at radius 1 is 1.11 bits per heavy atom. The van der Waals surface area contributed by atoms with Crippen molar-refractivity contribution in [3.63, 3.8) is 0 Å². The van der Waals surface area contributed by atoms with Gasteiger partial charge in [-0.2, -0.15) is 13.2 Å². The van der Waals surface area contributed by atoms with Crippen molar-refractivity contribution in [3.8, 4) is 11.5 Å². The number of hydrogen-bond donors (Lipinski definition) is 2. The van der Waals surface area contributed by atoms with Crippen molar-refractivity contribution in [2.75, 3.05) is 17.7 Å². The number of aromatic nitrogens is 3. The second-order valence-corrected chi connectivity index (χ2v) is 9.81. The van der Waals surface area contributed by atoms with Crippen LogP contribution in [0.25, 0.3) is 11.0 Å². The zero-order valence-electron chi connectivity index (χ0n) is 17.8. The smallest absolute Gasteiger partial charge is 0.403 e. The monoisotopic (exact) mass is 526 g/mol. The number of hydrogen-bond acceptors (Lipinski definition) is 7. The minimum atomic E-state index is -4.86. The van der Waals surface area contributed by atoms with Crippen molar-refractivity contribution in [2.45, 2.75) is 17.6 Å². The van der Waals surface area contributed by atoms with Gasteiger partial charge in [0.05, 0.1) is 22.0 Å². The zero-order chi connectivity index (χ0) is 25.2. The van der Waals surface area contributed by atoms with Gasteiger partial charge in [-0.15, -0.1) is 0 Å². The summed E-state index contributed by atoms with van der Waals surface area (Å²) in [4.78, 5) is 7.95. The number of rotatable bonds is 8. The summed E-state index contributed by atoms with van der Waals surface area (Å²) >= 11 is 6.34. The number of fused-ring (bicyclic) bond motifs is 1. The third-order valence-corrected chi connectivity index (χ3v) is 6.81. The Hall–Kier alpha value is -3.35. The second kappa shape index (κ2) is 9.72. The van der Waals surface area contributed by atoms with Crippen LogP contribution in [-0.2, 0) is 16.4 Å². The van der Waals surface area contributed by atoms with Crippen LogP contribution in [0.15, 0.2) is 66.0 Å². The van der Waals surface area contributed by atoms with Crippen LogP contribution in [0.4, 0.5) is 24.7 Å². The van der Waals surface area contributed by atoms with Crippen molar-refractivity contribution < 1.29 is 31.4 Å². The van der Waals surface area contributed by atoms with Crippen LogP contribution in [-0.4, -0.2) is 46.6 Å². The van der Waals surface area contributed by atoms with Gasteiger partial charge in [0.15, 0.2) is 21.4 Å². The maximum absolute atomic E-state index is 12.6. The summed E-state index contributed by atoms with van der Waals surface area (Å²) < 4.78 is 69.3. The Morgan fingerprint density at radius 3 is 2.63 bits per heavy atom. The molecule has 0 radical (unpaired) electrons. The van der Waals surface area contributed by atoms with Crippen LogP contribution in [0.5, 0.6) is 11.5 Å². The lowest BCUT2D eigenvalue weighted by molar-refractivity contribution is -0.106. The molecule has 2 N–H and O–H groups in total. The summed E-state index contributed by atoms with van der Waals surface area (Å²) in [5.41, 5.74) is 1.93. The molecule has 0 amide bonds. The van der Waals surface area contributed by atoms with Gasteiger partial charge in [0, 0.05) is 18.4 Å². The Balaban J connectivity index is 1.56. The van der Waals surface area contributed by atoms with Gasteiger partial charge in [0.25, 0.3) is 0 Å². The molecule has 35 heavy (non-hydrogen) atoms. The fraction of sp³-hybridized carbons (Fsp3) is 0.182. The first-order chi connectivity index (χ1) is 16.6. The zero-order valence-corrected chi connectivity index (χ0v) is 19.4. The molecule has 0 saturated heterocycles. The van der Waals surface area contributed by atoms with Crippen molar-refractivity contribution in [3.05, 3.63) is 66.1 Å². The number of alkyl halides is 3. The molecule has 0 spiro atoms. The quantitative estimate of drug-likeness (QED) is 0.334. The molecule has 0 atom stereocenters. The molecular formula is C22H18ClF3N4O4S. The van der Waals surface area contributed by atoms with E-state index in [-0.39, 0.29) is 23.1 Å². The highest BCUT2D eigenvalue weighted by Gasteiger charge is 2.36. The highest BCUT2D eigenvalue weighted by Crippen LogP contribution is 2.34. The molecule has 13 heteroatoms. The lowest BCUT2D eigenvalue weighted by Gasteiger charge is -2.13. The SMILES string of the molecule is O=S(=O)(CC(F)(F)F)c1cccc(Oc2ccc(Nc3ncnc4ccn(CCO)c34)cc2Cl)c1. The Bertz CT molecular complexity index is 1480. The van der Waals surface area contributed by atoms with Gasteiger partial charge in [-0.25, -0.2) is 18.4 Å². The van der Waals surface area contributed by atoms with Crippen molar-refractivity contribution in [1.29, 1.82) is 0 Å². The number of anilines is 2. The predicted octanol–water partition coefficient (Wildman–Crippen LogP) is 4.95. The second-order valence-electron chi connectivity index (χ2n) is 7.41. The molecule has 0 saturated carbocycles. The summed E-state index contributed by atoms with van der Waals surface area (Å²) in [6, 6.07) is 11.3. The van der Waals surface area contributed by atoms with Gasteiger partial charge in [-0.3, -0.25) is 0 Å². The molecule has 0 fully saturated rings. The normalized spacial score (nSPS) is 12.1. The number of nitrogens with zero attached hydrogens (tertiary/aromatic N) is 3. The Labute approximate surface area is 202 Å². The van der Waals surface area contributed by atoms with E-state index in [4.69, 9.17) is 16.3 Å². The molecule has 184 valence electrons. The van der Waals surface area contributed by atoms with Gasteiger partial charge in [-0.1, -0.05) is 17.7 Å². The van der Waals surface area contributed by atoms with Gasteiger partial charge in [-0.05, 0) is 42.5 Å². The standard InChI is InChI=1S/C22H18ClF3N4O4S/c23-17-10-14(29-21-20-18(27-13-28-21)6-7-30(20)8-9-31)4-5-19(17)34-15-2-1-3-16(11-15)35(32,33)12-22(24,25)26/h1-7,10-11,13,31H,8-9,12H2,(H,27,28,29). The number of benzene rings is 2. The van der Waals surface area contributed by atoms with Crippen LogP contribution in [0.1, 0.15) is 0 Å². The summed E-state index contributed by atoms with van der Waals surface area (Å²) in [5, 5.41) is 12.6. The Kier molecular flexibility index (Phi) is 6.88. The van der Waals surface area contributed by atoms with Crippen LogP contribution < -0.4 is 10.1 Å². The fourth-order valence-electron chi connectivity index (χ4n) is 3.37. The van der Waals surface area contributed by atoms with E-state index in [1.807, 2.05) is 0 Å². The summed E-state index contributed by atoms with van der Waals surface area (Å²) in [6.07, 6.45) is -1.68. The molecule has 4 rings (SSSR count). The van der Waals surface area contributed by atoms with E-state index in [1.165, 1.54) is 24.5 Å². The first-order valence-electron chi connectivity index (χ1n) is 10.1. The average Bonchev–Trinajstić information content (AvgIpc) is 3.19. The van der Waals surface area contributed by atoms with E-state index >= 15 is 0 Å². The third kappa shape index (κ3) is 5.84. The van der Waals surface area contributed by atoms with Gasteiger partial charge in [0.1, 0.15) is 23.3 Å². The van der Waals surface area contributed by atoms with Crippen LogP contribution in [0.2, 0.25) is 5.02 Å². The number of sulfone groups is 1. The van der Waals surface area contributed by atoms with Gasteiger partial charge < -0.3 is 19.7 Å². The van der Waals surface area contributed by atoms with E-state index in [0.29, 0.717) is 29.1 Å². The van der Waals surface area contributed by atoms with Crippen molar-refractivity contribution >= 4 is 44.0 Å². The lowest BCUT2D eigenvalue weighted by atomic mass is 10.3. The van der Waals surface area contributed by atoms with Crippen LogP contribution in [0.3, 0.4) is 0 Å². The number of ether oxygens (including phenoxy) is 1. The largest absolute Gasteiger partial charge is 0.456 e. The highest BCUT2D eigenvalue weighted by atomic mass is 35.5. The van der Waals surface area contributed by atoms with E-state index in [2.05, 4.69) is 15.3 Å². The molecule has 0 aliphatic carbocycles. The lowest BCUT2D eigenvalue weighted by Crippen LogP contribution is -2.22. The predicted molar refractivity (Wildman–Crippen MR) is 124 cm³/mol. The number of aliphatic hydroxyl groups is 1. The van der Waals surface area contributed by atoms with Crippen molar-refractivity contribution in [1.82, 2.24) is 14.5 Å². The number of halogens is 4. The highest BCUT2D eigenvalue weighted by molar-refractivity contribution is 7.91. The molecule has 2 aromatic heterocycles. The molecule has 2 aromatic carbocycles. The number of nitrogens with one attached hydrogen (secondary N) is 1. The maximum Gasteiger partial charge on any atom is 0.403 e. The third-order valence-electron chi connectivity index (χ3n) is 4.83. The van der Waals surface area contributed by atoms with E-state index in [1.54, 1.807) is 29.0 Å². The topological polar surface area (TPSA) is 106 Å². The van der Waals surface area contributed by atoms with Crippen LogP contribution in [0, 0.1) is 0 Å². The van der Waals surface area contributed by atoms with Crippen molar-refractivity contribution in [2.24, 2.45) is 0 Å². The molecule has 8 nitrogen and oxygen atoms in total. The molecule has 0 aliphatic heterocycles. The molecule has 4 aromatic rings. The summed E-state index contributed by atoms with van der Waals surface area (Å²) in [7, 11) is -4.58. The molecule has 2 heterocycles. The summed E-state index contributed by atoms with van der Waals surface area (Å²) in [5.74, 6) is -1.31. The maximum atomic E-state index is 12.6. The number of aliphatic hydroxyl groups excluding tert-OH is 1. The van der Waals surface area contributed by atoms with Gasteiger partial charge in [0.2, 0.25) is 0 Å². The first-order valence-corrected chi connectivity index (χ1v) is 12.1. The van der Waals surface area contributed by atoms with Crippen LogP contribution >= 0.6 is 11.6 Å².